The minimum Gasteiger partial charge on any atom is -0.480 e. The van der Waals surface area contributed by atoms with E-state index in [2.05, 4.69) is 26.7 Å². The number of benzene rings is 1. The quantitative estimate of drug-likeness (QED) is 0.686. The fourth-order valence-electron chi connectivity index (χ4n) is 2.73. The van der Waals surface area contributed by atoms with Crippen molar-refractivity contribution >= 4 is 23.4 Å². The molecule has 0 aliphatic heterocycles. The summed E-state index contributed by atoms with van der Waals surface area (Å²) in [5, 5.41) is 15.6. The first-order chi connectivity index (χ1) is 12.7. The lowest BCUT2D eigenvalue weighted by Gasteiger charge is -2.20. The van der Waals surface area contributed by atoms with Crippen LogP contribution in [0.1, 0.15) is 30.5 Å². The standard InChI is InChI=1S/C19H24N6O2/c1-10(2)15(16(21)26)23-19-24-17(14(9-20)18(25-19)27-5)22-13-7-11(3)6-12(4)8-13/h6-8,10,15H,1-5H3,(H2,21,26)(H2,22,23,24,25)/t15-/m1/s1. The highest BCUT2D eigenvalue weighted by Crippen LogP contribution is 2.28. The maximum absolute atomic E-state index is 11.7. The number of aryl methyl sites for hydroxylation is 2. The maximum Gasteiger partial charge on any atom is 0.240 e. The number of hydrogen-bond acceptors (Lipinski definition) is 7. The molecule has 0 radical (unpaired) electrons. The van der Waals surface area contributed by atoms with Gasteiger partial charge in [-0.25, -0.2) is 0 Å². The Bertz CT molecular complexity index is 868. The van der Waals surface area contributed by atoms with Gasteiger partial charge in [0.15, 0.2) is 11.4 Å². The Morgan fingerprint density at radius 2 is 1.85 bits per heavy atom. The van der Waals surface area contributed by atoms with E-state index in [0.717, 1.165) is 16.8 Å². The van der Waals surface area contributed by atoms with Crippen LogP contribution in [0.5, 0.6) is 5.88 Å². The van der Waals surface area contributed by atoms with Crippen molar-refractivity contribution < 1.29 is 9.53 Å². The van der Waals surface area contributed by atoms with Gasteiger partial charge < -0.3 is 21.1 Å². The second-order valence-electron chi connectivity index (χ2n) is 6.66. The molecule has 2 aromatic rings. The summed E-state index contributed by atoms with van der Waals surface area (Å²) in [6, 6.07) is 7.33. The number of methoxy groups -OCH3 is 1. The van der Waals surface area contributed by atoms with Gasteiger partial charge in [-0.2, -0.15) is 15.2 Å². The monoisotopic (exact) mass is 368 g/mol. The Hall–Kier alpha value is -3.34. The average Bonchev–Trinajstić information content (AvgIpc) is 2.57. The zero-order valence-electron chi connectivity index (χ0n) is 16.1. The van der Waals surface area contributed by atoms with Crippen molar-refractivity contribution in [2.45, 2.75) is 33.7 Å². The fraction of sp³-hybridized carbons (Fsp3) is 0.368. The van der Waals surface area contributed by atoms with Gasteiger partial charge in [-0.1, -0.05) is 19.9 Å². The van der Waals surface area contributed by atoms with E-state index in [4.69, 9.17) is 10.5 Å². The zero-order chi connectivity index (χ0) is 20.1. The Labute approximate surface area is 158 Å². The molecule has 0 saturated carbocycles. The van der Waals surface area contributed by atoms with Gasteiger partial charge in [0, 0.05) is 5.69 Å². The summed E-state index contributed by atoms with van der Waals surface area (Å²) in [4.78, 5) is 20.2. The maximum atomic E-state index is 11.7. The van der Waals surface area contributed by atoms with Gasteiger partial charge in [0.25, 0.3) is 0 Å². The molecule has 1 heterocycles. The predicted octanol–water partition coefficient (Wildman–Crippen LogP) is 2.64. The highest BCUT2D eigenvalue weighted by molar-refractivity contribution is 5.83. The third-order valence-electron chi connectivity index (χ3n) is 3.92. The van der Waals surface area contributed by atoms with Crippen molar-refractivity contribution in [2.24, 2.45) is 11.7 Å². The second-order valence-corrected chi connectivity index (χ2v) is 6.66. The first-order valence-electron chi connectivity index (χ1n) is 8.52. The smallest absolute Gasteiger partial charge is 0.240 e. The molecule has 2 rings (SSSR count). The molecule has 27 heavy (non-hydrogen) atoms. The number of rotatable bonds is 7. The van der Waals surface area contributed by atoms with Crippen molar-refractivity contribution in [1.82, 2.24) is 9.97 Å². The number of nitrogens with one attached hydrogen (secondary N) is 2. The van der Waals surface area contributed by atoms with E-state index in [0.29, 0.717) is 0 Å². The largest absolute Gasteiger partial charge is 0.480 e. The van der Waals surface area contributed by atoms with Crippen molar-refractivity contribution in [3.05, 3.63) is 34.9 Å². The van der Waals surface area contributed by atoms with Crippen LogP contribution >= 0.6 is 0 Å². The van der Waals surface area contributed by atoms with E-state index < -0.39 is 11.9 Å². The number of anilines is 3. The van der Waals surface area contributed by atoms with Crippen LogP contribution in [0.2, 0.25) is 0 Å². The molecule has 1 aromatic carbocycles. The van der Waals surface area contributed by atoms with Gasteiger partial charge >= 0.3 is 0 Å². The summed E-state index contributed by atoms with van der Waals surface area (Å²) in [5.41, 5.74) is 8.55. The summed E-state index contributed by atoms with van der Waals surface area (Å²) in [5.74, 6) is -0.0442. The molecular weight excluding hydrogens is 344 g/mol. The molecule has 0 spiro atoms. The topological polar surface area (TPSA) is 126 Å². The summed E-state index contributed by atoms with van der Waals surface area (Å²) in [6.07, 6.45) is 0. The number of amides is 1. The first-order valence-corrected chi connectivity index (χ1v) is 8.52. The van der Waals surface area contributed by atoms with Crippen molar-refractivity contribution in [2.75, 3.05) is 17.7 Å². The fourth-order valence-corrected chi connectivity index (χ4v) is 2.73. The van der Waals surface area contributed by atoms with Gasteiger partial charge in [0.05, 0.1) is 7.11 Å². The molecule has 0 aliphatic rings. The molecule has 1 amide bonds. The third kappa shape index (κ3) is 4.85. The number of nitrogens with two attached hydrogens (primary N) is 1. The zero-order valence-corrected chi connectivity index (χ0v) is 16.1. The van der Waals surface area contributed by atoms with Gasteiger partial charge in [0.1, 0.15) is 12.1 Å². The molecule has 1 aromatic heterocycles. The van der Waals surface area contributed by atoms with Crippen molar-refractivity contribution in [3.63, 3.8) is 0 Å². The molecule has 0 bridgehead atoms. The van der Waals surface area contributed by atoms with Crippen LogP contribution in [-0.4, -0.2) is 29.0 Å². The lowest BCUT2D eigenvalue weighted by Crippen LogP contribution is -2.40. The minimum atomic E-state index is -0.656. The second kappa shape index (κ2) is 8.36. The van der Waals surface area contributed by atoms with E-state index in [1.165, 1.54) is 7.11 Å². The van der Waals surface area contributed by atoms with Crippen LogP contribution in [0.3, 0.4) is 0 Å². The summed E-state index contributed by atoms with van der Waals surface area (Å²) >= 11 is 0. The highest BCUT2D eigenvalue weighted by Gasteiger charge is 2.23. The van der Waals surface area contributed by atoms with Gasteiger partial charge in [0.2, 0.25) is 17.7 Å². The Morgan fingerprint density at radius 1 is 1.22 bits per heavy atom. The third-order valence-corrected chi connectivity index (χ3v) is 3.92. The normalized spacial score (nSPS) is 11.6. The van der Waals surface area contributed by atoms with E-state index in [1.807, 2.05) is 45.9 Å². The molecule has 8 heteroatoms. The van der Waals surface area contributed by atoms with Crippen LogP contribution < -0.4 is 21.1 Å². The lowest BCUT2D eigenvalue weighted by molar-refractivity contribution is -0.119. The molecule has 0 fully saturated rings. The summed E-state index contributed by atoms with van der Waals surface area (Å²) in [6.45, 7) is 7.68. The van der Waals surface area contributed by atoms with Gasteiger partial charge in [-0.15, -0.1) is 0 Å². The average molecular weight is 368 g/mol. The van der Waals surface area contributed by atoms with Crippen molar-refractivity contribution in [3.8, 4) is 11.9 Å². The summed E-state index contributed by atoms with van der Waals surface area (Å²) in [7, 11) is 1.42. The predicted molar refractivity (Wildman–Crippen MR) is 104 cm³/mol. The molecule has 8 nitrogen and oxygen atoms in total. The number of carbonyl (C=O) groups excluding carboxylic acids is 1. The molecule has 1 atom stereocenters. The number of carbonyl (C=O) groups is 1. The van der Waals surface area contributed by atoms with Gasteiger partial charge in [-0.3, -0.25) is 4.79 Å². The van der Waals surface area contributed by atoms with E-state index >= 15 is 0 Å². The van der Waals surface area contributed by atoms with E-state index in [-0.39, 0.29) is 29.1 Å². The number of ether oxygens (including phenoxy) is 1. The highest BCUT2D eigenvalue weighted by atomic mass is 16.5. The Morgan fingerprint density at radius 3 is 2.33 bits per heavy atom. The number of nitrogens with zero attached hydrogens (tertiary/aromatic N) is 3. The number of hydrogen-bond donors (Lipinski definition) is 3. The number of nitriles is 1. The Kier molecular flexibility index (Phi) is 6.19. The minimum absolute atomic E-state index is 0.0661. The van der Waals surface area contributed by atoms with Crippen LogP contribution in [0.4, 0.5) is 17.5 Å². The van der Waals surface area contributed by atoms with E-state index in [1.54, 1.807) is 0 Å². The molecule has 0 unspecified atom stereocenters. The summed E-state index contributed by atoms with van der Waals surface area (Å²) < 4.78 is 5.24. The van der Waals surface area contributed by atoms with Crippen LogP contribution in [0.15, 0.2) is 18.2 Å². The van der Waals surface area contributed by atoms with Crippen LogP contribution in [-0.2, 0) is 4.79 Å². The van der Waals surface area contributed by atoms with Gasteiger partial charge in [-0.05, 0) is 43.0 Å². The Balaban J connectivity index is 2.48. The number of primary amides is 1. The number of aromatic nitrogens is 2. The molecule has 4 N–H and O–H groups in total. The molecule has 142 valence electrons. The van der Waals surface area contributed by atoms with Crippen LogP contribution in [0, 0.1) is 31.1 Å². The SMILES string of the molecule is COc1nc(N[C@@H](C(N)=O)C(C)C)nc(Nc2cc(C)cc(C)c2)c1C#N. The molecule has 0 aliphatic carbocycles. The van der Waals surface area contributed by atoms with Crippen molar-refractivity contribution in [1.29, 1.82) is 5.26 Å². The van der Waals surface area contributed by atoms with Crippen LogP contribution in [0.25, 0.3) is 0 Å². The molecule has 0 saturated heterocycles. The first kappa shape index (κ1) is 20.0. The lowest BCUT2D eigenvalue weighted by atomic mass is 10.0. The van der Waals surface area contributed by atoms with E-state index in [9.17, 15) is 10.1 Å². The molecular formula is C19H24N6O2.